The second kappa shape index (κ2) is 7.31. The first kappa shape index (κ1) is 16.2. The summed E-state index contributed by atoms with van der Waals surface area (Å²) in [5.74, 6) is 1.14. The fourth-order valence-electron chi connectivity index (χ4n) is 2.93. The number of aromatic nitrogens is 2. The van der Waals surface area contributed by atoms with Gasteiger partial charge in [0.1, 0.15) is 17.5 Å². The maximum Gasteiger partial charge on any atom is 0.137 e. The zero-order chi connectivity index (χ0) is 17.8. The van der Waals surface area contributed by atoms with Crippen molar-refractivity contribution >= 4 is 16.7 Å². The molecule has 4 heteroatoms. The molecule has 3 nitrogen and oxygen atoms in total. The Hall–Kier alpha value is -3.27. The molecule has 128 valence electrons. The molecule has 4 rings (SSSR count). The van der Waals surface area contributed by atoms with Crippen molar-refractivity contribution in [2.75, 3.05) is 5.32 Å². The number of anilines is 1. The van der Waals surface area contributed by atoms with E-state index in [0.29, 0.717) is 24.4 Å². The molecule has 0 aliphatic carbocycles. The zero-order valence-corrected chi connectivity index (χ0v) is 14.2. The highest BCUT2D eigenvalue weighted by atomic mass is 19.1. The van der Waals surface area contributed by atoms with Gasteiger partial charge in [0, 0.05) is 18.4 Å². The van der Waals surface area contributed by atoms with Crippen molar-refractivity contribution < 1.29 is 4.39 Å². The van der Waals surface area contributed by atoms with Crippen LogP contribution in [0, 0.1) is 5.82 Å². The number of nitrogens with one attached hydrogen (secondary N) is 1. The van der Waals surface area contributed by atoms with Gasteiger partial charge in [0.15, 0.2) is 0 Å². The van der Waals surface area contributed by atoms with Gasteiger partial charge in [-0.05, 0) is 29.3 Å². The van der Waals surface area contributed by atoms with Crippen molar-refractivity contribution in [1.82, 2.24) is 9.97 Å². The van der Waals surface area contributed by atoms with E-state index in [4.69, 9.17) is 0 Å². The topological polar surface area (TPSA) is 37.8 Å². The largest absolute Gasteiger partial charge is 0.365 e. The van der Waals surface area contributed by atoms with Crippen LogP contribution in [0.25, 0.3) is 10.9 Å². The summed E-state index contributed by atoms with van der Waals surface area (Å²) in [6.07, 6.45) is 0.359. The molecular weight excluding hydrogens is 325 g/mol. The fraction of sp³-hybridized carbons (Fsp3) is 0.0909. The number of halogens is 1. The molecule has 3 aromatic carbocycles. The molecule has 0 unspecified atom stereocenters. The van der Waals surface area contributed by atoms with Crippen molar-refractivity contribution in [2.45, 2.75) is 13.0 Å². The minimum absolute atomic E-state index is 0.233. The quantitative estimate of drug-likeness (QED) is 0.556. The summed E-state index contributed by atoms with van der Waals surface area (Å²) in [6, 6.07) is 24.8. The lowest BCUT2D eigenvalue weighted by Crippen LogP contribution is -2.06. The maximum absolute atomic E-state index is 14.0. The molecule has 0 aliphatic heterocycles. The SMILES string of the molecule is Fc1ccccc1Cc1nc(NCc2ccccc2)c2ccccc2n1. The molecule has 1 N–H and O–H groups in total. The number of rotatable bonds is 5. The Morgan fingerprint density at radius 2 is 1.50 bits per heavy atom. The van der Waals surface area contributed by atoms with E-state index >= 15 is 0 Å². The molecule has 1 aromatic heterocycles. The van der Waals surface area contributed by atoms with E-state index in [0.717, 1.165) is 16.7 Å². The molecular formula is C22H18FN3. The maximum atomic E-state index is 14.0. The summed E-state index contributed by atoms with van der Waals surface area (Å²) in [4.78, 5) is 9.27. The van der Waals surface area contributed by atoms with Gasteiger partial charge in [-0.3, -0.25) is 0 Å². The fourth-order valence-corrected chi connectivity index (χ4v) is 2.93. The van der Waals surface area contributed by atoms with Gasteiger partial charge in [-0.2, -0.15) is 0 Å². The van der Waals surface area contributed by atoms with Gasteiger partial charge in [-0.1, -0.05) is 60.7 Å². The van der Waals surface area contributed by atoms with Crippen molar-refractivity contribution in [1.29, 1.82) is 0 Å². The summed E-state index contributed by atoms with van der Waals surface area (Å²) in [7, 11) is 0. The van der Waals surface area contributed by atoms with Crippen LogP contribution < -0.4 is 5.32 Å². The first-order chi connectivity index (χ1) is 12.8. The number of fused-ring (bicyclic) bond motifs is 1. The first-order valence-corrected chi connectivity index (χ1v) is 8.56. The number of hydrogen-bond acceptors (Lipinski definition) is 3. The van der Waals surface area contributed by atoms with Gasteiger partial charge < -0.3 is 5.32 Å². The molecule has 0 aliphatic rings. The number of benzene rings is 3. The predicted molar refractivity (Wildman–Crippen MR) is 103 cm³/mol. The molecule has 0 spiro atoms. The lowest BCUT2D eigenvalue weighted by Gasteiger charge is -2.11. The van der Waals surface area contributed by atoms with E-state index in [9.17, 15) is 4.39 Å². The molecule has 4 aromatic rings. The minimum atomic E-state index is -0.233. The Labute approximate surface area is 151 Å². The molecule has 0 atom stereocenters. The van der Waals surface area contributed by atoms with Crippen molar-refractivity contribution in [3.05, 3.63) is 102 Å². The smallest absolute Gasteiger partial charge is 0.137 e. The summed E-state index contributed by atoms with van der Waals surface area (Å²) in [5, 5.41) is 4.36. The highest BCUT2D eigenvalue weighted by Gasteiger charge is 2.10. The van der Waals surface area contributed by atoms with Gasteiger partial charge in [0.25, 0.3) is 0 Å². The summed E-state index contributed by atoms with van der Waals surface area (Å²) in [5.41, 5.74) is 2.62. The molecule has 0 fully saturated rings. The third-order valence-electron chi connectivity index (χ3n) is 4.26. The normalized spacial score (nSPS) is 10.8. The van der Waals surface area contributed by atoms with E-state index in [1.165, 1.54) is 11.6 Å². The zero-order valence-electron chi connectivity index (χ0n) is 14.2. The van der Waals surface area contributed by atoms with Crippen LogP contribution in [0.1, 0.15) is 17.0 Å². The van der Waals surface area contributed by atoms with Crippen molar-refractivity contribution in [3.8, 4) is 0 Å². The summed E-state index contributed by atoms with van der Waals surface area (Å²) >= 11 is 0. The molecule has 0 radical (unpaired) electrons. The molecule has 0 amide bonds. The first-order valence-electron chi connectivity index (χ1n) is 8.56. The van der Waals surface area contributed by atoms with Crippen LogP contribution in [0.5, 0.6) is 0 Å². The highest BCUT2D eigenvalue weighted by Crippen LogP contribution is 2.22. The van der Waals surface area contributed by atoms with Crippen molar-refractivity contribution in [3.63, 3.8) is 0 Å². The van der Waals surface area contributed by atoms with Crippen LogP contribution in [0.15, 0.2) is 78.9 Å². The number of hydrogen-bond donors (Lipinski definition) is 1. The van der Waals surface area contributed by atoms with Crippen LogP contribution in [0.3, 0.4) is 0 Å². The van der Waals surface area contributed by atoms with E-state index in [2.05, 4.69) is 27.4 Å². The summed E-state index contributed by atoms with van der Waals surface area (Å²) < 4.78 is 14.0. The second-order valence-electron chi connectivity index (χ2n) is 6.11. The second-order valence-corrected chi connectivity index (χ2v) is 6.11. The number of para-hydroxylation sites is 1. The van der Waals surface area contributed by atoms with Gasteiger partial charge >= 0.3 is 0 Å². The Bertz CT molecular complexity index is 1030. The highest BCUT2D eigenvalue weighted by molar-refractivity contribution is 5.89. The van der Waals surface area contributed by atoms with Crippen LogP contribution in [-0.2, 0) is 13.0 Å². The van der Waals surface area contributed by atoms with Gasteiger partial charge in [0.05, 0.1) is 5.52 Å². The van der Waals surface area contributed by atoms with Gasteiger partial charge in [-0.15, -0.1) is 0 Å². The Kier molecular flexibility index (Phi) is 4.56. The van der Waals surface area contributed by atoms with Gasteiger partial charge in [0.2, 0.25) is 0 Å². The van der Waals surface area contributed by atoms with E-state index in [1.54, 1.807) is 12.1 Å². The van der Waals surface area contributed by atoms with Crippen LogP contribution in [0.2, 0.25) is 0 Å². The third-order valence-corrected chi connectivity index (χ3v) is 4.26. The third kappa shape index (κ3) is 3.54. The van der Waals surface area contributed by atoms with Crippen LogP contribution in [-0.4, -0.2) is 9.97 Å². The van der Waals surface area contributed by atoms with Crippen molar-refractivity contribution in [2.24, 2.45) is 0 Å². The average molecular weight is 343 g/mol. The number of nitrogens with zero attached hydrogens (tertiary/aromatic N) is 2. The Morgan fingerprint density at radius 3 is 2.35 bits per heavy atom. The Morgan fingerprint density at radius 1 is 0.769 bits per heavy atom. The summed E-state index contributed by atoms with van der Waals surface area (Å²) in [6.45, 7) is 0.668. The average Bonchev–Trinajstić information content (AvgIpc) is 2.69. The molecule has 0 bridgehead atoms. The standard InChI is InChI=1S/C22H18FN3/c23-19-12-6-4-10-17(19)14-21-25-20-13-7-5-11-18(20)22(26-21)24-15-16-8-2-1-3-9-16/h1-13H,14-15H2,(H,24,25,26). The van der Waals surface area contributed by atoms with Gasteiger partial charge in [-0.25, -0.2) is 14.4 Å². The molecule has 0 saturated heterocycles. The lowest BCUT2D eigenvalue weighted by atomic mass is 10.1. The molecule has 26 heavy (non-hydrogen) atoms. The predicted octanol–water partition coefficient (Wildman–Crippen LogP) is 4.97. The molecule has 0 saturated carbocycles. The Balaban J connectivity index is 1.68. The van der Waals surface area contributed by atoms with E-state index < -0.39 is 0 Å². The minimum Gasteiger partial charge on any atom is -0.365 e. The van der Waals surface area contributed by atoms with Crippen LogP contribution >= 0.6 is 0 Å². The monoisotopic (exact) mass is 343 g/mol. The lowest BCUT2D eigenvalue weighted by molar-refractivity contribution is 0.612. The van der Waals surface area contributed by atoms with E-state index in [1.807, 2.05) is 48.5 Å². The molecule has 1 heterocycles. The van der Waals surface area contributed by atoms with E-state index in [-0.39, 0.29) is 5.82 Å². The van der Waals surface area contributed by atoms with Crippen LogP contribution in [0.4, 0.5) is 10.2 Å².